The number of aryl methyl sites for hydroxylation is 6. The zero-order chi connectivity index (χ0) is 44.9. The van der Waals surface area contributed by atoms with Crippen molar-refractivity contribution in [1.82, 2.24) is 20.3 Å². The Morgan fingerprint density at radius 3 is 1.65 bits per heavy atom. The Labute approximate surface area is 384 Å². The lowest BCUT2D eigenvalue weighted by molar-refractivity contribution is 0.0975. The maximum atomic E-state index is 14.3. The van der Waals surface area contributed by atoms with Gasteiger partial charge in [-0.05, 0) is 111 Å². The summed E-state index contributed by atoms with van der Waals surface area (Å²) in [5.41, 5.74) is 13.3. The molecule has 11 heteroatoms. The Morgan fingerprint density at radius 2 is 1.06 bits per heavy atom. The number of amides is 2. The van der Waals surface area contributed by atoms with Gasteiger partial charge in [0.15, 0.2) is 5.84 Å². The quantitative estimate of drug-likeness (QED) is 0.140. The summed E-state index contributed by atoms with van der Waals surface area (Å²) in [6.45, 7) is 12.1. The summed E-state index contributed by atoms with van der Waals surface area (Å²) in [7, 11) is 0. The maximum Gasteiger partial charge on any atom is 0.257 e. The van der Waals surface area contributed by atoms with Gasteiger partial charge in [0.25, 0.3) is 11.8 Å². The standard InChI is InChI=1S/C54H43N7O2S2/c1-29-23-25-35(33(5)27-29)43-45(53-55-39-19-11-13-21-41(39)64-53)49(60-51(62)37-17-9-7-15-31(37)3)58-47(43)57-48-44(36-26-24-30(2)28-34(36)6)46(54-56-40-20-12-14-22-42(40)65-54)50(59-48)61-52(63)38-18-10-8-16-32(38)4/h7-28,58H,1-6H3,(H,60,62)(H,57,59,61,63). The number of fused-ring (bicyclic) bond motifs is 2. The second kappa shape index (κ2) is 16.8. The molecule has 0 aliphatic carbocycles. The van der Waals surface area contributed by atoms with Gasteiger partial charge in [-0.3, -0.25) is 9.59 Å². The van der Waals surface area contributed by atoms with Gasteiger partial charge in [-0.15, -0.1) is 22.7 Å². The van der Waals surface area contributed by atoms with E-state index < -0.39 is 0 Å². The Bertz CT molecular complexity index is 3450. The SMILES string of the molecule is Cc1ccc(C2=C(c3nc4ccccc4s3)C(NC(=O)c3ccccc3C)=N/C2=N\c2[nH]c(NC(=O)c3ccccc3C)c(-c3nc4ccccc4s3)c2-c2ccc(C)cc2C)c(C)c1. The summed E-state index contributed by atoms with van der Waals surface area (Å²) in [4.78, 5) is 53.3. The van der Waals surface area contributed by atoms with Crippen LogP contribution in [0.5, 0.6) is 0 Å². The summed E-state index contributed by atoms with van der Waals surface area (Å²) in [5, 5.41) is 7.87. The fourth-order valence-electron chi connectivity index (χ4n) is 8.49. The van der Waals surface area contributed by atoms with Crippen LogP contribution < -0.4 is 10.6 Å². The number of rotatable bonds is 8. The van der Waals surface area contributed by atoms with Crippen LogP contribution in [-0.2, 0) is 0 Å². The van der Waals surface area contributed by atoms with Crippen LogP contribution in [0.25, 0.3) is 53.3 Å². The van der Waals surface area contributed by atoms with E-state index in [1.165, 1.54) is 11.3 Å². The monoisotopic (exact) mass is 885 g/mol. The van der Waals surface area contributed by atoms with Gasteiger partial charge in [-0.25, -0.2) is 20.0 Å². The number of anilines is 1. The number of para-hydroxylation sites is 2. The van der Waals surface area contributed by atoms with Gasteiger partial charge in [0.05, 0.1) is 31.6 Å². The van der Waals surface area contributed by atoms with Crippen LogP contribution in [0.3, 0.4) is 0 Å². The molecule has 0 bridgehead atoms. The molecular formula is C54H43N7O2S2. The molecule has 6 aromatic carbocycles. The van der Waals surface area contributed by atoms with Crippen LogP contribution in [0.2, 0.25) is 0 Å². The summed E-state index contributed by atoms with van der Waals surface area (Å²) in [6, 6.07) is 43.7. The molecule has 4 heterocycles. The van der Waals surface area contributed by atoms with E-state index in [0.29, 0.717) is 55.6 Å². The maximum absolute atomic E-state index is 14.3. The van der Waals surface area contributed by atoms with Crippen LogP contribution in [0.1, 0.15) is 64.7 Å². The third-order valence-electron chi connectivity index (χ3n) is 11.7. The number of nitrogens with one attached hydrogen (secondary N) is 3. The Balaban J connectivity index is 1.27. The van der Waals surface area contributed by atoms with Crippen molar-refractivity contribution in [2.75, 3.05) is 5.32 Å². The summed E-state index contributed by atoms with van der Waals surface area (Å²) in [6.07, 6.45) is 0. The van der Waals surface area contributed by atoms with Crippen LogP contribution in [0.4, 0.5) is 11.6 Å². The number of carbonyl (C=O) groups excluding carboxylic acids is 2. The van der Waals surface area contributed by atoms with Gasteiger partial charge in [-0.2, -0.15) is 0 Å². The second-order valence-electron chi connectivity index (χ2n) is 16.4. The molecule has 3 aromatic heterocycles. The minimum absolute atomic E-state index is 0.271. The van der Waals surface area contributed by atoms with Gasteiger partial charge >= 0.3 is 0 Å². The van der Waals surface area contributed by atoms with Crippen molar-refractivity contribution in [2.24, 2.45) is 9.98 Å². The normalized spacial score (nSPS) is 13.3. The highest BCUT2D eigenvalue weighted by molar-refractivity contribution is 7.21. The zero-order valence-corrected chi connectivity index (χ0v) is 38.3. The number of benzene rings is 6. The molecule has 0 spiro atoms. The van der Waals surface area contributed by atoms with Crippen molar-refractivity contribution in [3.63, 3.8) is 0 Å². The molecule has 10 rings (SSSR count). The lowest BCUT2D eigenvalue weighted by Crippen LogP contribution is -2.31. The molecule has 9 nitrogen and oxygen atoms in total. The van der Waals surface area contributed by atoms with Crippen LogP contribution >= 0.6 is 22.7 Å². The number of hydrogen-bond donors (Lipinski definition) is 3. The Hall–Kier alpha value is -7.60. The average Bonchev–Trinajstić information content (AvgIpc) is 4.07. The topological polar surface area (TPSA) is 124 Å². The summed E-state index contributed by atoms with van der Waals surface area (Å²) >= 11 is 3.09. The molecule has 0 radical (unpaired) electrons. The van der Waals surface area contributed by atoms with Gasteiger partial charge in [0.1, 0.15) is 27.5 Å². The van der Waals surface area contributed by atoms with E-state index >= 15 is 0 Å². The smallest absolute Gasteiger partial charge is 0.257 e. The molecule has 65 heavy (non-hydrogen) atoms. The number of amidine groups is 2. The molecule has 0 fully saturated rings. The third kappa shape index (κ3) is 7.79. The lowest BCUT2D eigenvalue weighted by atomic mass is 9.94. The van der Waals surface area contributed by atoms with Crippen molar-refractivity contribution in [1.29, 1.82) is 0 Å². The van der Waals surface area contributed by atoms with E-state index in [1.807, 2.05) is 105 Å². The fraction of sp³-hybridized carbons (Fsp3) is 0.111. The predicted octanol–water partition coefficient (Wildman–Crippen LogP) is 13.2. The number of thiazole rings is 2. The molecule has 9 aromatic rings. The highest BCUT2D eigenvalue weighted by Crippen LogP contribution is 2.49. The van der Waals surface area contributed by atoms with Gasteiger partial charge in [0.2, 0.25) is 0 Å². The van der Waals surface area contributed by atoms with Crippen molar-refractivity contribution < 1.29 is 9.59 Å². The van der Waals surface area contributed by atoms with Crippen molar-refractivity contribution >= 4 is 89.4 Å². The molecule has 318 valence electrons. The molecule has 2 amide bonds. The van der Waals surface area contributed by atoms with Crippen LogP contribution in [0, 0.1) is 41.5 Å². The molecule has 0 unspecified atom stereocenters. The molecule has 0 saturated carbocycles. The average molecular weight is 886 g/mol. The van der Waals surface area contributed by atoms with Gasteiger partial charge in [0, 0.05) is 22.3 Å². The lowest BCUT2D eigenvalue weighted by Gasteiger charge is -2.13. The van der Waals surface area contributed by atoms with E-state index in [0.717, 1.165) is 76.1 Å². The number of H-pyrrole nitrogens is 1. The largest absolute Gasteiger partial charge is 0.325 e. The Morgan fingerprint density at radius 1 is 0.538 bits per heavy atom. The van der Waals surface area contributed by atoms with Gasteiger partial charge < -0.3 is 15.6 Å². The number of aromatic nitrogens is 3. The first kappa shape index (κ1) is 41.4. The third-order valence-corrected chi connectivity index (χ3v) is 13.8. The molecule has 3 N–H and O–H groups in total. The molecule has 0 saturated heterocycles. The van der Waals surface area contributed by atoms with Gasteiger partial charge in [-0.1, -0.05) is 108 Å². The number of aromatic amines is 1. The summed E-state index contributed by atoms with van der Waals surface area (Å²) in [5.74, 6) is 1.05. The first-order valence-electron chi connectivity index (χ1n) is 21.3. The highest BCUT2D eigenvalue weighted by Gasteiger charge is 2.34. The van der Waals surface area contributed by atoms with Crippen molar-refractivity contribution in [3.8, 4) is 21.7 Å². The first-order chi connectivity index (χ1) is 31.5. The summed E-state index contributed by atoms with van der Waals surface area (Å²) < 4.78 is 2.01. The van der Waals surface area contributed by atoms with Crippen LogP contribution in [0.15, 0.2) is 143 Å². The van der Waals surface area contributed by atoms with E-state index in [-0.39, 0.29) is 11.8 Å². The Kier molecular flexibility index (Phi) is 10.7. The van der Waals surface area contributed by atoms with Crippen LogP contribution in [-0.4, -0.2) is 38.4 Å². The van der Waals surface area contributed by atoms with Crippen molar-refractivity contribution in [3.05, 3.63) is 189 Å². The minimum atomic E-state index is -0.295. The number of carbonyl (C=O) groups is 2. The van der Waals surface area contributed by atoms with E-state index in [4.69, 9.17) is 20.0 Å². The zero-order valence-electron chi connectivity index (χ0n) is 36.6. The number of aliphatic imine (C=N–C) groups is 2. The molecule has 1 aliphatic rings. The van der Waals surface area contributed by atoms with E-state index in [9.17, 15) is 9.59 Å². The number of nitrogens with zero attached hydrogens (tertiary/aromatic N) is 4. The second-order valence-corrected chi connectivity index (χ2v) is 18.5. The first-order valence-corrected chi connectivity index (χ1v) is 22.9. The predicted molar refractivity (Wildman–Crippen MR) is 269 cm³/mol. The van der Waals surface area contributed by atoms with Crippen molar-refractivity contribution in [2.45, 2.75) is 41.5 Å². The van der Waals surface area contributed by atoms with E-state index in [2.05, 4.69) is 85.8 Å². The molecular weight excluding hydrogens is 843 g/mol. The highest BCUT2D eigenvalue weighted by atomic mass is 32.1. The van der Waals surface area contributed by atoms with E-state index in [1.54, 1.807) is 11.3 Å². The number of hydrogen-bond acceptors (Lipinski definition) is 7. The minimum Gasteiger partial charge on any atom is -0.325 e. The fourth-order valence-corrected chi connectivity index (χ4v) is 10.5. The molecule has 0 atom stereocenters. The molecule has 1 aliphatic heterocycles.